The third kappa shape index (κ3) is 2.93. The van der Waals surface area contributed by atoms with Crippen molar-refractivity contribution in [3.63, 3.8) is 0 Å². The molecule has 1 amide bonds. The molecule has 4 nitrogen and oxygen atoms in total. The summed E-state index contributed by atoms with van der Waals surface area (Å²) in [6.45, 7) is 1.93. The molecule has 0 radical (unpaired) electrons. The lowest BCUT2D eigenvalue weighted by Crippen LogP contribution is -2.14. The predicted molar refractivity (Wildman–Crippen MR) is 77.6 cm³/mol. The summed E-state index contributed by atoms with van der Waals surface area (Å²) in [5.41, 5.74) is 2.19. The minimum atomic E-state index is -0.222. The number of nitrogens with one attached hydrogen (secondary N) is 1. The normalized spacial score (nSPS) is 10.1. The lowest BCUT2D eigenvalue weighted by atomic mass is 10.2. The molecule has 0 aliphatic rings. The molecule has 1 aromatic heterocycles. The van der Waals surface area contributed by atoms with Crippen LogP contribution in [0.25, 0.3) is 0 Å². The van der Waals surface area contributed by atoms with E-state index in [2.05, 4.69) is 26.2 Å². The standard InChI is InChI=1S/C14H13BrN2O2/c1-9-11(15)4-3-5-12(9)17-14(18)10-6-7-16-8-13(10)19-2/h3-8H,1-2H3,(H,17,18). The molecule has 2 aromatic rings. The van der Waals surface area contributed by atoms with Crippen LogP contribution >= 0.6 is 15.9 Å². The zero-order valence-electron chi connectivity index (χ0n) is 10.6. The van der Waals surface area contributed by atoms with Gasteiger partial charge in [-0.3, -0.25) is 9.78 Å². The summed E-state index contributed by atoms with van der Waals surface area (Å²) >= 11 is 3.43. The summed E-state index contributed by atoms with van der Waals surface area (Å²) in [6, 6.07) is 7.28. The molecule has 0 saturated carbocycles. The van der Waals surface area contributed by atoms with E-state index in [1.807, 2.05) is 25.1 Å². The van der Waals surface area contributed by atoms with Crippen LogP contribution in [0.5, 0.6) is 5.75 Å². The number of nitrogens with zero attached hydrogens (tertiary/aromatic N) is 1. The second-order valence-corrected chi connectivity index (χ2v) is 4.80. The van der Waals surface area contributed by atoms with Crippen molar-refractivity contribution in [2.75, 3.05) is 12.4 Å². The van der Waals surface area contributed by atoms with Crippen molar-refractivity contribution in [1.29, 1.82) is 0 Å². The summed E-state index contributed by atoms with van der Waals surface area (Å²) in [7, 11) is 1.51. The number of rotatable bonds is 3. The molecule has 0 fully saturated rings. The number of halogens is 1. The third-order valence-electron chi connectivity index (χ3n) is 2.76. The second-order valence-electron chi connectivity index (χ2n) is 3.94. The van der Waals surface area contributed by atoms with Crippen molar-refractivity contribution >= 4 is 27.5 Å². The first-order valence-corrected chi connectivity index (χ1v) is 6.47. The molecular weight excluding hydrogens is 308 g/mol. The fourth-order valence-corrected chi connectivity index (χ4v) is 2.03. The molecule has 1 N–H and O–H groups in total. The highest BCUT2D eigenvalue weighted by Gasteiger charge is 2.13. The van der Waals surface area contributed by atoms with Crippen molar-refractivity contribution < 1.29 is 9.53 Å². The smallest absolute Gasteiger partial charge is 0.259 e. The van der Waals surface area contributed by atoms with E-state index in [4.69, 9.17) is 4.74 Å². The van der Waals surface area contributed by atoms with Gasteiger partial charge in [0.1, 0.15) is 5.75 Å². The lowest BCUT2D eigenvalue weighted by Gasteiger charge is -2.11. The maximum Gasteiger partial charge on any atom is 0.259 e. The number of ether oxygens (including phenoxy) is 1. The predicted octanol–water partition coefficient (Wildman–Crippen LogP) is 3.41. The van der Waals surface area contributed by atoms with Gasteiger partial charge in [-0.2, -0.15) is 0 Å². The van der Waals surface area contributed by atoms with Gasteiger partial charge < -0.3 is 10.1 Å². The number of hydrogen-bond donors (Lipinski definition) is 1. The van der Waals surface area contributed by atoms with E-state index in [-0.39, 0.29) is 5.91 Å². The first kappa shape index (κ1) is 13.5. The number of amides is 1. The Morgan fingerprint density at radius 2 is 2.16 bits per heavy atom. The Kier molecular flexibility index (Phi) is 4.16. The molecule has 0 atom stereocenters. The van der Waals surface area contributed by atoms with Crippen molar-refractivity contribution in [1.82, 2.24) is 4.98 Å². The van der Waals surface area contributed by atoms with E-state index < -0.39 is 0 Å². The maximum absolute atomic E-state index is 12.2. The molecule has 1 heterocycles. The number of methoxy groups -OCH3 is 1. The highest BCUT2D eigenvalue weighted by molar-refractivity contribution is 9.10. The Bertz CT molecular complexity index is 614. The molecule has 0 bridgehead atoms. The summed E-state index contributed by atoms with van der Waals surface area (Å²) in [6.07, 6.45) is 3.08. The summed E-state index contributed by atoms with van der Waals surface area (Å²) in [5.74, 6) is 0.230. The lowest BCUT2D eigenvalue weighted by molar-refractivity contribution is 0.102. The Labute approximate surface area is 119 Å². The van der Waals surface area contributed by atoms with Gasteiger partial charge in [0, 0.05) is 16.4 Å². The van der Waals surface area contributed by atoms with Gasteiger partial charge in [0.15, 0.2) is 0 Å². The number of benzene rings is 1. The zero-order chi connectivity index (χ0) is 13.8. The van der Waals surface area contributed by atoms with Crippen LogP contribution in [-0.2, 0) is 0 Å². The van der Waals surface area contributed by atoms with Crippen LogP contribution in [0.15, 0.2) is 41.1 Å². The summed E-state index contributed by atoms with van der Waals surface area (Å²) < 4.78 is 6.08. The fourth-order valence-electron chi connectivity index (χ4n) is 1.66. The Balaban J connectivity index is 2.28. The number of carbonyl (C=O) groups excluding carboxylic acids is 1. The fraction of sp³-hybridized carbons (Fsp3) is 0.143. The Morgan fingerprint density at radius 3 is 2.89 bits per heavy atom. The number of hydrogen-bond acceptors (Lipinski definition) is 3. The van der Waals surface area contributed by atoms with Gasteiger partial charge in [0.2, 0.25) is 0 Å². The highest BCUT2D eigenvalue weighted by atomic mass is 79.9. The molecule has 0 aliphatic carbocycles. The van der Waals surface area contributed by atoms with Crippen LogP contribution in [-0.4, -0.2) is 18.0 Å². The van der Waals surface area contributed by atoms with Crippen molar-refractivity contribution in [3.8, 4) is 5.75 Å². The second kappa shape index (κ2) is 5.84. The molecule has 0 aliphatic heterocycles. The van der Waals surface area contributed by atoms with E-state index >= 15 is 0 Å². The van der Waals surface area contributed by atoms with Gasteiger partial charge in [-0.15, -0.1) is 0 Å². The molecular formula is C14H13BrN2O2. The van der Waals surface area contributed by atoms with Crippen molar-refractivity contribution in [2.45, 2.75) is 6.92 Å². The van der Waals surface area contributed by atoms with Crippen LogP contribution in [0.2, 0.25) is 0 Å². The van der Waals surface area contributed by atoms with E-state index in [9.17, 15) is 4.79 Å². The van der Waals surface area contributed by atoms with Gasteiger partial charge in [0.05, 0.1) is 18.9 Å². The molecule has 0 unspecified atom stereocenters. The van der Waals surface area contributed by atoms with Crippen LogP contribution in [0, 0.1) is 6.92 Å². The number of carbonyl (C=O) groups is 1. The molecule has 5 heteroatoms. The average Bonchev–Trinajstić information content (AvgIpc) is 2.43. The minimum absolute atomic E-state index is 0.222. The van der Waals surface area contributed by atoms with Crippen LogP contribution in [0.1, 0.15) is 15.9 Å². The van der Waals surface area contributed by atoms with Crippen LogP contribution in [0.3, 0.4) is 0 Å². The first-order chi connectivity index (χ1) is 9.13. The number of aromatic nitrogens is 1. The summed E-state index contributed by atoms with van der Waals surface area (Å²) in [4.78, 5) is 16.1. The van der Waals surface area contributed by atoms with Gasteiger partial charge in [-0.1, -0.05) is 22.0 Å². The summed E-state index contributed by atoms with van der Waals surface area (Å²) in [5, 5.41) is 2.87. The van der Waals surface area contributed by atoms with Crippen LogP contribution < -0.4 is 10.1 Å². The van der Waals surface area contributed by atoms with Gasteiger partial charge in [-0.25, -0.2) is 0 Å². The monoisotopic (exact) mass is 320 g/mol. The first-order valence-electron chi connectivity index (χ1n) is 5.68. The zero-order valence-corrected chi connectivity index (χ0v) is 12.2. The van der Waals surface area contributed by atoms with E-state index in [1.165, 1.54) is 13.3 Å². The van der Waals surface area contributed by atoms with Gasteiger partial charge in [-0.05, 0) is 30.7 Å². The third-order valence-corrected chi connectivity index (χ3v) is 3.62. The van der Waals surface area contributed by atoms with Gasteiger partial charge in [0.25, 0.3) is 5.91 Å². The molecule has 98 valence electrons. The highest BCUT2D eigenvalue weighted by Crippen LogP contribution is 2.25. The molecule has 1 aromatic carbocycles. The maximum atomic E-state index is 12.2. The SMILES string of the molecule is COc1cnccc1C(=O)Nc1cccc(Br)c1C. The van der Waals surface area contributed by atoms with E-state index in [1.54, 1.807) is 12.3 Å². The largest absolute Gasteiger partial charge is 0.494 e. The molecule has 0 saturated heterocycles. The Morgan fingerprint density at radius 1 is 1.37 bits per heavy atom. The molecule has 0 spiro atoms. The van der Waals surface area contributed by atoms with Crippen LogP contribution in [0.4, 0.5) is 5.69 Å². The van der Waals surface area contributed by atoms with Crippen molar-refractivity contribution in [3.05, 3.63) is 52.3 Å². The topological polar surface area (TPSA) is 51.2 Å². The minimum Gasteiger partial charge on any atom is -0.494 e. The molecule has 19 heavy (non-hydrogen) atoms. The number of anilines is 1. The number of pyridine rings is 1. The van der Waals surface area contributed by atoms with E-state index in [0.29, 0.717) is 11.3 Å². The quantitative estimate of drug-likeness (QED) is 0.942. The van der Waals surface area contributed by atoms with Crippen molar-refractivity contribution in [2.24, 2.45) is 0 Å². The average molecular weight is 321 g/mol. The van der Waals surface area contributed by atoms with E-state index in [0.717, 1.165) is 15.7 Å². The Hall–Kier alpha value is -1.88. The molecule has 2 rings (SSSR count). The van der Waals surface area contributed by atoms with Gasteiger partial charge >= 0.3 is 0 Å².